The summed E-state index contributed by atoms with van der Waals surface area (Å²) in [4.78, 5) is 10.9. The van der Waals surface area contributed by atoms with Crippen molar-refractivity contribution < 1.29 is 9.90 Å². The van der Waals surface area contributed by atoms with Crippen LogP contribution in [0, 0.1) is 12.3 Å². The molecule has 2 heteroatoms. The van der Waals surface area contributed by atoms with Crippen LogP contribution in [0.3, 0.4) is 0 Å². The van der Waals surface area contributed by atoms with Crippen molar-refractivity contribution in [3.63, 3.8) is 0 Å². The highest BCUT2D eigenvalue weighted by Gasteiger charge is 2.15. The quantitative estimate of drug-likeness (QED) is 0.802. The maximum absolute atomic E-state index is 10.9. The van der Waals surface area contributed by atoms with E-state index in [1.165, 1.54) is 11.6 Å². The zero-order valence-electron chi connectivity index (χ0n) is 10.9. The van der Waals surface area contributed by atoms with Gasteiger partial charge in [0.05, 0.1) is 0 Å². The Labute approximate surface area is 103 Å². The maximum atomic E-state index is 10.9. The molecule has 0 radical (unpaired) electrons. The summed E-state index contributed by atoms with van der Waals surface area (Å²) in [6.45, 7) is 8.35. The van der Waals surface area contributed by atoms with Gasteiger partial charge in [0.25, 0.3) is 0 Å². The van der Waals surface area contributed by atoms with Crippen LogP contribution in [-0.2, 0) is 4.79 Å². The Morgan fingerprint density at radius 1 is 1.24 bits per heavy atom. The number of allylic oxidation sites excluding steroid dienone is 1. The Balaban J connectivity index is 3.07. The molecule has 0 bridgehead atoms. The van der Waals surface area contributed by atoms with Crippen LogP contribution >= 0.6 is 0 Å². The van der Waals surface area contributed by atoms with Crippen LogP contribution in [0.25, 0.3) is 5.57 Å². The number of carboxylic acids is 1. The summed E-state index contributed by atoms with van der Waals surface area (Å²) < 4.78 is 0. The number of hydrogen-bond acceptors (Lipinski definition) is 1. The number of aryl methyl sites for hydroxylation is 1. The molecule has 0 aliphatic heterocycles. The van der Waals surface area contributed by atoms with Crippen LogP contribution in [0.5, 0.6) is 0 Å². The average Bonchev–Trinajstić information content (AvgIpc) is 2.14. The molecule has 0 heterocycles. The van der Waals surface area contributed by atoms with Gasteiger partial charge in [-0.1, -0.05) is 50.6 Å². The topological polar surface area (TPSA) is 37.3 Å². The van der Waals surface area contributed by atoms with Crippen molar-refractivity contribution in [3.05, 3.63) is 41.5 Å². The Morgan fingerprint density at radius 3 is 2.18 bits per heavy atom. The monoisotopic (exact) mass is 232 g/mol. The summed E-state index contributed by atoms with van der Waals surface area (Å²) in [5, 5.41) is 8.92. The molecule has 1 aromatic rings. The van der Waals surface area contributed by atoms with Crippen LogP contribution in [0.1, 0.15) is 38.3 Å². The molecule has 0 saturated heterocycles. The van der Waals surface area contributed by atoms with Gasteiger partial charge in [0.2, 0.25) is 0 Å². The van der Waals surface area contributed by atoms with Crippen molar-refractivity contribution in [2.75, 3.05) is 0 Å². The van der Waals surface area contributed by atoms with E-state index >= 15 is 0 Å². The molecule has 92 valence electrons. The summed E-state index contributed by atoms with van der Waals surface area (Å²) in [6.07, 6.45) is 2.07. The predicted octanol–water partition coefficient (Wildman–Crippen LogP) is 3.90. The minimum absolute atomic E-state index is 0.0756. The molecule has 2 nitrogen and oxygen atoms in total. The fourth-order valence-electron chi connectivity index (χ4n) is 1.72. The average molecular weight is 232 g/mol. The zero-order valence-corrected chi connectivity index (χ0v) is 10.9. The lowest BCUT2D eigenvalue weighted by Gasteiger charge is -2.20. The minimum Gasteiger partial charge on any atom is -0.478 e. The number of carbonyl (C=O) groups is 1. The molecule has 0 saturated carbocycles. The fourth-order valence-corrected chi connectivity index (χ4v) is 1.72. The summed E-state index contributed by atoms with van der Waals surface area (Å²) >= 11 is 0. The first-order valence-electron chi connectivity index (χ1n) is 5.78. The fraction of sp³-hybridized carbons (Fsp3) is 0.400. The number of hydrogen-bond donors (Lipinski definition) is 1. The lowest BCUT2D eigenvalue weighted by atomic mass is 9.85. The van der Waals surface area contributed by atoms with Crippen LogP contribution in [-0.4, -0.2) is 11.1 Å². The number of aliphatic carboxylic acids is 1. The minimum atomic E-state index is -0.884. The first-order valence-corrected chi connectivity index (χ1v) is 5.78. The second-order valence-corrected chi connectivity index (χ2v) is 5.61. The molecule has 1 rings (SSSR count). The normalized spacial score (nSPS) is 12.6. The number of rotatable bonds is 3. The van der Waals surface area contributed by atoms with E-state index in [9.17, 15) is 4.79 Å². The van der Waals surface area contributed by atoms with Crippen LogP contribution < -0.4 is 0 Å². The highest BCUT2D eigenvalue weighted by atomic mass is 16.4. The van der Waals surface area contributed by atoms with E-state index in [0.717, 1.165) is 17.6 Å². The molecule has 0 spiro atoms. The van der Waals surface area contributed by atoms with E-state index in [-0.39, 0.29) is 5.41 Å². The van der Waals surface area contributed by atoms with E-state index < -0.39 is 5.97 Å². The van der Waals surface area contributed by atoms with Crippen molar-refractivity contribution in [2.45, 2.75) is 34.1 Å². The SMILES string of the molecule is Cc1ccc(/C(=C\C(=O)O)CC(C)(C)C)cc1. The van der Waals surface area contributed by atoms with E-state index in [0.29, 0.717) is 0 Å². The van der Waals surface area contributed by atoms with E-state index in [1.807, 2.05) is 31.2 Å². The van der Waals surface area contributed by atoms with Gasteiger partial charge in [-0.15, -0.1) is 0 Å². The van der Waals surface area contributed by atoms with E-state index in [1.54, 1.807) is 0 Å². The van der Waals surface area contributed by atoms with Gasteiger partial charge in [0.1, 0.15) is 0 Å². The molecule has 0 fully saturated rings. The third kappa shape index (κ3) is 4.85. The molecular weight excluding hydrogens is 212 g/mol. The van der Waals surface area contributed by atoms with Crippen LogP contribution in [0.4, 0.5) is 0 Å². The van der Waals surface area contributed by atoms with Gasteiger partial charge in [0, 0.05) is 6.08 Å². The summed E-state index contributed by atoms with van der Waals surface area (Å²) in [7, 11) is 0. The molecule has 1 aromatic carbocycles. The molecule has 0 unspecified atom stereocenters. The molecule has 0 aromatic heterocycles. The van der Waals surface area contributed by atoms with Crippen molar-refractivity contribution in [1.82, 2.24) is 0 Å². The predicted molar refractivity (Wildman–Crippen MR) is 70.9 cm³/mol. The Bertz CT molecular complexity index is 419. The Morgan fingerprint density at radius 2 is 1.76 bits per heavy atom. The Kier molecular flexibility index (Phi) is 4.11. The molecule has 0 atom stereocenters. The second-order valence-electron chi connectivity index (χ2n) is 5.61. The van der Waals surface area contributed by atoms with Gasteiger partial charge in [0.15, 0.2) is 0 Å². The van der Waals surface area contributed by atoms with Crippen LogP contribution in [0.15, 0.2) is 30.3 Å². The molecule has 17 heavy (non-hydrogen) atoms. The van der Waals surface area contributed by atoms with Gasteiger partial charge in [-0.3, -0.25) is 0 Å². The standard InChI is InChI=1S/C15H20O2/c1-11-5-7-12(8-6-11)13(9-14(16)17)10-15(2,3)4/h5-9H,10H2,1-4H3,(H,16,17)/b13-9-. The largest absolute Gasteiger partial charge is 0.478 e. The van der Waals surface area contributed by atoms with E-state index in [4.69, 9.17) is 5.11 Å². The summed E-state index contributed by atoms with van der Waals surface area (Å²) in [6, 6.07) is 7.98. The van der Waals surface area contributed by atoms with Crippen LogP contribution in [0.2, 0.25) is 0 Å². The third-order valence-corrected chi connectivity index (χ3v) is 2.44. The summed E-state index contributed by atoms with van der Waals surface area (Å²) in [5.41, 5.74) is 3.13. The second kappa shape index (κ2) is 5.17. The molecule has 0 amide bonds. The lowest BCUT2D eigenvalue weighted by molar-refractivity contribution is -0.131. The van der Waals surface area contributed by atoms with Crippen molar-refractivity contribution in [1.29, 1.82) is 0 Å². The first kappa shape index (κ1) is 13.5. The third-order valence-electron chi connectivity index (χ3n) is 2.44. The van der Waals surface area contributed by atoms with E-state index in [2.05, 4.69) is 20.8 Å². The van der Waals surface area contributed by atoms with Gasteiger partial charge in [-0.05, 0) is 29.9 Å². The van der Waals surface area contributed by atoms with Crippen molar-refractivity contribution in [2.24, 2.45) is 5.41 Å². The molecule has 1 N–H and O–H groups in total. The highest BCUT2D eigenvalue weighted by Crippen LogP contribution is 2.30. The van der Waals surface area contributed by atoms with Gasteiger partial charge in [-0.2, -0.15) is 0 Å². The van der Waals surface area contributed by atoms with Crippen molar-refractivity contribution >= 4 is 11.5 Å². The van der Waals surface area contributed by atoms with Gasteiger partial charge < -0.3 is 5.11 Å². The highest BCUT2D eigenvalue weighted by molar-refractivity contribution is 5.90. The molecule has 0 aliphatic rings. The maximum Gasteiger partial charge on any atom is 0.328 e. The lowest BCUT2D eigenvalue weighted by Crippen LogP contribution is -2.07. The van der Waals surface area contributed by atoms with Gasteiger partial charge in [-0.25, -0.2) is 4.79 Å². The molecule has 0 aliphatic carbocycles. The molecular formula is C15H20O2. The Hall–Kier alpha value is -1.57. The van der Waals surface area contributed by atoms with Gasteiger partial charge >= 0.3 is 5.97 Å². The number of benzene rings is 1. The number of carboxylic acid groups (broad SMARTS) is 1. The summed E-state index contributed by atoms with van der Waals surface area (Å²) in [5.74, 6) is -0.884. The van der Waals surface area contributed by atoms with Crippen molar-refractivity contribution in [3.8, 4) is 0 Å². The first-order chi connectivity index (χ1) is 7.78. The zero-order chi connectivity index (χ0) is 13.1. The smallest absolute Gasteiger partial charge is 0.328 e.